The van der Waals surface area contributed by atoms with Crippen molar-refractivity contribution in [3.8, 4) is 0 Å². The monoisotopic (exact) mass is 331 g/mol. The molecule has 136 valence electrons. The van der Waals surface area contributed by atoms with Gasteiger partial charge in [0.25, 0.3) is 0 Å². The average Bonchev–Trinajstić information content (AvgIpc) is 2.57. The van der Waals surface area contributed by atoms with Gasteiger partial charge in [-0.2, -0.15) is 0 Å². The highest BCUT2D eigenvalue weighted by Gasteiger charge is 2.10. The van der Waals surface area contributed by atoms with Crippen LogP contribution in [0.4, 0.5) is 0 Å². The quantitative estimate of drug-likeness (QED) is 0.279. The summed E-state index contributed by atoms with van der Waals surface area (Å²) in [6.07, 6.45) is 28.5. The lowest BCUT2D eigenvalue weighted by molar-refractivity contribution is -0.122. The van der Waals surface area contributed by atoms with Crippen LogP contribution in [0.5, 0.6) is 0 Å². The zero-order valence-electron chi connectivity index (χ0n) is 15.8. The summed E-state index contributed by atoms with van der Waals surface area (Å²) < 4.78 is 0. The van der Waals surface area contributed by atoms with Gasteiger partial charge in [0.15, 0.2) is 0 Å². The van der Waals surface area contributed by atoms with Gasteiger partial charge in [0.05, 0.1) is 0 Å². The first-order valence-corrected chi connectivity index (χ1v) is 9.61. The van der Waals surface area contributed by atoms with Gasteiger partial charge in [0.2, 0.25) is 5.91 Å². The first-order valence-electron chi connectivity index (χ1n) is 9.61. The predicted octanol–water partition coefficient (Wildman–Crippen LogP) is 6.25. The third-order valence-electron chi connectivity index (χ3n) is 4.03. The molecule has 0 aromatic carbocycles. The Hall–Kier alpha value is -1.57. The highest BCUT2D eigenvalue weighted by atomic mass is 16.1. The maximum Gasteiger partial charge on any atom is 0.220 e. The zero-order chi connectivity index (χ0) is 17.9. The Balaban J connectivity index is 3.56. The van der Waals surface area contributed by atoms with E-state index in [-0.39, 0.29) is 11.8 Å². The summed E-state index contributed by atoms with van der Waals surface area (Å²) in [6.45, 7) is 4.25. The summed E-state index contributed by atoms with van der Waals surface area (Å²) in [5, 5.41) is 0. The number of amides is 1. The molecule has 0 saturated heterocycles. The number of rotatable bonds is 15. The average molecular weight is 332 g/mol. The molecule has 0 aromatic heterocycles. The number of hydrogen-bond acceptors (Lipinski definition) is 1. The molecular formula is C22H37NO. The number of hydrogen-bond donors (Lipinski definition) is 1. The van der Waals surface area contributed by atoms with Crippen LogP contribution in [-0.4, -0.2) is 5.91 Å². The topological polar surface area (TPSA) is 43.1 Å². The van der Waals surface area contributed by atoms with E-state index in [0.29, 0.717) is 0 Å². The molecule has 0 fully saturated rings. The van der Waals surface area contributed by atoms with Gasteiger partial charge in [-0.1, -0.05) is 75.3 Å². The Labute approximate surface area is 149 Å². The number of nitrogens with two attached hydrogens (primary N) is 1. The minimum absolute atomic E-state index is 0.0241. The fraction of sp³-hybridized carbons (Fsp3) is 0.591. The normalized spacial score (nSPS) is 13.8. The van der Waals surface area contributed by atoms with Gasteiger partial charge < -0.3 is 5.73 Å². The minimum atomic E-state index is -0.173. The summed E-state index contributed by atoms with van der Waals surface area (Å²) in [5.41, 5.74) is 5.33. The molecule has 0 aliphatic rings. The van der Waals surface area contributed by atoms with Crippen molar-refractivity contribution in [1.29, 1.82) is 0 Å². The van der Waals surface area contributed by atoms with Crippen molar-refractivity contribution in [2.45, 2.75) is 78.1 Å². The Bertz CT molecular complexity index is 404. The van der Waals surface area contributed by atoms with Gasteiger partial charge in [0.1, 0.15) is 0 Å². The van der Waals surface area contributed by atoms with Gasteiger partial charge in [-0.25, -0.2) is 0 Å². The van der Waals surface area contributed by atoms with Crippen molar-refractivity contribution in [3.05, 3.63) is 48.6 Å². The van der Waals surface area contributed by atoms with Gasteiger partial charge in [-0.05, 0) is 51.4 Å². The molecule has 0 saturated carbocycles. The van der Waals surface area contributed by atoms with Crippen LogP contribution in [0.3, 0.4) is 0 Å². The van der Waals surface area contributed by atoms with Gasteiger partial charge in [0, 0.05) is 5.92 Å². The van der Waals surface area contributed by atoms with E-state index in [1.165, 1.54) is 25.7 Å². The first kappa shape index (κ1) is 22.4. The van der Waals surface area contributed by atoms with Crippen molar-refractivity contribution in [2.75, 3.05) is 0 Å². The molecule has 1 amide bonds. The van der Waals surface area contributed by atoms with Crippen LogP contribution in [0.15, 0.2) is 48.6 Å². The van der Waals surface area contributed by atoms with Crippen LogP contribution in [0.1, 0.15) is 78.1 Å². The van der Waals surface area contributed by atoms with Crippen LogP contribution >= 0.6 is 0 Å². The van der Waals surface area contributed by atoms with Crippen LogP contribution in [0, 0.1) is 5.92 Å². The van der Waals surface area contributed by atoms with Gasteiger partial charge in [-0.3, -0.25) is 4.79 Å². The van der Waals surface area contributed by atoms with Crippen molar-refractivity contribution in [1.82, 2.24) is 0 Å². The first-order chi connectivity index (χ1) is 11.7. The Morgan fingerprint density at radius 2 is 1.29 bits per heavy atom. The predicted molar refractivity (Wildman–Crippen MR) is 107 cm³/mol. The maximum absolute atomic E-state index is 11.1. The SMILES string of the molecule is CCCCCC=CCC=CCC=CCC=CCCC(CC)C(N)=O. The fourth-order valence-corrected chi connectivity index (χ4v) is 2.41. The van der Waals surface area contributed by atoms with E-state index >= 15 is 0 Å². The lowest BCUT2D eigenvalue weighted by Crippen LogP contribution is -2.22. The third kappa shape index (κ3) is 15.3. The van der Waals surface area contributed by atoms with Crippen LogP contribution in [0.25, 0.3) is 0 Å². The zero-order valence-corrected chi connectivity index (χ0v) is 15.8. The second-order valence-corrected chi connectivity index (χ2v) is 6.17. The van der Waals surface area contributed by atoms with Crippen molar-refractivity contribution in [2.24, 2.45) is 11.7 Å². The van der Waals surface area contributed by atoms with E-state index in [4.69, 9.17) is 5.73 Å². The fourth-order valence-electron chi connectivity index (χ4n) is 2.41. The van der Waals surface area contributed by atoms with E-state index in [1.807, 2.05) is 6.92 Å². The van der Waals surface area contributed by atoms with Crippen LogP contribution in [0.2, 0.25) is 0 Å². The smallest absolute Gasteiger partial charge is 0.220 e. The number of allylic oxidation sites excluding steroid dienone is 8. The molecule has 2 heteroatoms. The van der Waals surface area contributed by atoms with Gasteiger partial charge in [-0.15, -0.1) is 0 Å². The molecule has 0 radical (unpaired) electrons. The van der Waals surface area contributed by atoms with Crippen LogP contribution < -0.4 is 5.73 Å². The van der Waals surface area contributed by atoms with Crippen LogP contribution in [-0.2, 0) is 4.79 Å². The summed E-state index contributed by atoms with van der Waals surface area (Å²) >= 11 is 0. The summed E-state index contributed by atoms with van der Waals surface area (Å²) in [5.74, 6) is -0.149. The molecule has 0 heterocycles. The molecule has 0 aromatic rings. The molecule has 0 rings (SSSR count). The molecule has 0 bridgehead atoms. The molecule has 1 unspecified atom stereocenters. The molecule has 2 N–H and O–H groups in total. The highest BCUT2D eigenvalue weighted by Crippen LogP contribution is 2.10. The second kappa shape index (κ2) is 17.8. The molecule has 1 atom stereocenters. The van der Waals surface area contributed by atoms with E-state index in [9.17, 15) is 4.79 Å². The maximum atomic E-state index is 11.1. The van der Waals surface area contributed by atoms with Crippen molar-refractivity contribution < 1.29 is 4.79 Å². The Kier molecular flexibility index (Phi) is 16.6. The molecular weight excluding hydrogens is 294 g/mol. The lowest BCUT2D eigenvalue weighted by atomic mass is 10.00. The molecule has 2 nitrogen and oxygen atoms in total. The highest BCUT2D eigenvalue weighted by molar-refractivity contribution is 5.76. The van der Waals surface area contributed by atoms with Gasteiger partial charge >= 0.3 is 0 Å². The lowest BCUT2D eigenvalue weighted by Gasteiger charge is -2.07. The van der Waals surface area contributed by atoms with E-state index in [2.05, 4.69) is 55.5 Å². The van der Waals surface area contributed by atoms with E-state index in [1.54, 1.807) is 0 Å². The van der Waals surface area contributed by atoms with Crippen molar-refractivity contribution >= 4 is 5.91 Å². The molecule has 0 aliphatic carbocycles. The second-order valence-electron chi connectivity index (χ2n) is 6.17. The molecule has 0 spiro atoms. The number of carbonyl (C=O) groups excluding carboxylic acids is 1. The molecule has 24 heavy (non-hydrogen) atoms. The number of unbranched alkanes of at least 4 members (excludes halogenated alkanes) is 3. The minimum Gasteiger partial charge on any atom is -0.369 e. The summed E-state index contributed by atoms with van der Waals surface area (Å²) in [7, 11) is 0. The number of primary amides is 1. The van der Waals surface area contributed by atoms with E-state index in [0.717, 1.165) is 38.5 Å². The third-order valence-corrected chi connectivity index (χ3v) is 4.03. The summed E-state index contributed by atoms with van der Waals surface area (Å²) in [6, 6.07) is 0. The Morgan fingerprint density at radius 1 is 0.792 bits per heavy atom. The van der Waals surface area contributed by atoms with E-state index < -0.39 is 0 Å². The number of carbonyl (C=O) groups is 1. The Morgan fingerprint density at radius 3 is 1.75 bits per heavy atom. The standard InChI is InChI=1S/C22H37NO/c1-3-5-6-7-8-9-10-11-12-13-14-15-16-17-18-19-20-21(4-2)22(23)24/h8-9,11-12,14-15,17-18,21H,3-7,10,13,16,19-20H2,1-2H3,(H2,23,24). The summed E-state index contributed by atoms with van der Waals surface area (Å²) in [4.78, 5) is 11.1. The largest absolute Gasteiger partial charge is 0.369 e. The van der Waals surface area contributed by atoms with Crippen molar-refractivity contribution in [3.63, 3.8) is 0 Å². The molecule has 0 aliphatic heterocycles.